The number of nitrogen functional groups attached to an aromatic ring is 1. The third kappa shape index (κ3) is 6.76. The minimum Gasteiger partial charge on any atom is -0.384 e. The van der Waals surface area contributed by atoms with Crippen LogP contribution >= 0.6 is 0 Å². The minimum absolute atomic E-state index is 0.0883. The number of aromatic nitrogens is 8. The lowest BCUT2D eigenvalue weighted by Gasteiger charge is -2.12. The molecule has 6 aromatic rings. The number of nitrogens with zero attached hydrogens (tertiary/aromatic N) is 8. The molecule has 4 heterocycles. The van der Waals surface area contributed by atoms with E-state index in [-0.39, 0.29) is 42.9 Å². The first-order valence-corrected chi connectivity index (χ1v) is 16.7. The van der Waals surface area contributed by atoms with Crippen molar-refractivity contribution in [3.63, 3.8) is 0 Å². The Morgan fingerprint density at radius 1 is 0.769 bits per heavy atom. The fourth-order valence-corrected chi connectivity index (χ4v) is 6.13. The number of amides is 3. The van der Waals surface area contributed by atoms with Crippen LogP contribution in [0, 0.1) is 19.3 Å². The van der Waals surface area contributed by atoms with Gasteiger partial charge in [-0.15, -0.1) is 0 Å². The van der Waals surface area contributed by atoms with Crippen molar-refractivity contribution < 1.29 is 14.4 Å². The molecule has 17 nitrogen and oxygen atoms in total. The van der Waals surface area contributed by atoms with E-state index in [1.807, 2.05) is 44.4 Å². The third-order valence-corrected chi connectivity index (χ3v) is 8.55. The van der Waals surface area contributed by atoms with Gasteiger partial charge in [-0.25, -0.2) is 9.97 Å². The molecule has 0 radical (unpaired) electrons. The van der Waals surface area contributed by atoms with Crippen LogP contribution in [0.15, 0.2) is 54.6 Å². The van der Waals surface area contributed by atoms with Gasteiger partial charge in [0.25, 0.3) is 11.8 Å². The molecule has 17 heteroatoms. The molecule has 52 heavy (non-hydrogen) atoms. The molecule has 9 N–H and O–H groups in total. The lowest BCUT2D eigenvalue weighted by atomic mass is 10.1. The van der Waals surface area contributed by atoms with Crippen molar-refractivity contribution in [2.75, 3.05) is 10.6 Å². The number of carbonyl (C=O) groups excluding carboxylic acids is 3. The molecular weight excluding hydrogens is 664 g/mol. The Morgan fingerprint density at radius 2 is 1.31 bits per heavy atom. The predicted octanol–water partition coefficient (Wildman–Crippen LogP) is 3.04. The van der Waals surface area contributed by atoms with Crippen molar-refractivity contribution in [3.05, 3.63) is 94.1 Å². The average Bonchev–Trinajstić information content (AvgIpc) is 3.88. The van der Waals surface area contributed by atoms with E-state index in [1.165, 1.54) is 0 Å². The fraction of sp³-hybridized carbons (Fsp3) is 0.257. The molecule has 0 spiro atoms. The molecule has 0 aliphatic rings. The van der Waals surface area contributed by atoms with Crippen molar-refractivity contribution in [1.29, 1.82) is 5.41 Å². The summed E-state index contributed by atoms with van der Waals surface area (Å²) in [6, 6.07) is 11.8. The average molecular weight is 705 g/mol. The number of nitrogens with two attached hydrogens (primary N) is 3. The highest BCUT2D eigenvalue weighted by atomic mass is 16.2. The molecule has 0 aliphatic heterocycles. The standard InChI is InChI=1S/C35H40N14O3/c1-5-48-27(13-19(3)44-48)32(51)42-34-40-24-16-21(30(37)38)9-10-26(24)46(34)11-7-8-12-47-29-23(18-36)15-22(31(39)50)17-25(29)41-35(47)43-33(52)28-14-20(4)45-49(28)6-2/h7-10,13-17H,5-6,11-12,18,36H2,1-4H3,(H3,37,38)(H2,39,50)(H,40,42,51)(H,41,43,52)/b8-7+. The first kappa shape index (κ1) is 35.2. The summed E-state index contributed by atoms with van der Waals surface area (Å²) in [5, 5.41) is 22.5. The van der Waals surface area contributed by atoms with Gasteiger partial charge in [0.15, 0.2) is 0 Å². The van der Waals surface area contributed by atoms with E-state index < -0.39 is 11.8 Å². The zero-order valence-electron chi connectivity index (χ0n) is 29.3. The monoisotopic (exact) mass is 704 g/mol. The largest absolute Gasteiger partial charge is 0.384 e. The molecular formula is C35H40N14O3. The molecule has 0 bridgehead atoms. The summed E-state index contributed by atoms with van der Waals surface area (Å²) in [4.78, 5) is 48.4. The van der Waals surface area contributed by atoms with Crippen LogP contribution in [0.4, 0.5) is 11.9 Å². The summed E-state index contributed by atoms with van der Waals surface area (Å²) in [5.74, 6) is -0.970. The van der Waals surface area contributed by atoms with Gasteiger partial charge in [-0.2, -0.15) is 10.2 Å². The lowest BCUT2D eigenvalue weighted by molar-refractivity contribution is 0.0994. The van der Waals surface area contributed by atoms with Crippen LogP contribution in [0.1, 0.15) is 67.7 Å². The molecule has 4 aromatic heterocycles. The quantitative estimate of drug-likeness (QED) is 0.0586. The van der Waals surface area contributed by atoms with Gasteiger partial charge in [-0.05, 0) is 75.7 Å². The molecule has 0 atom stereocenters. The third-order valence-electron chi connectivity index (χ3n) is 8.55. The highest BCUT2D eigenvalue weighted by molar-refractivity contribution is 6.05. The number of nitrogens with one attached hydrogen (secondary N) is 3. The lowest BCUT2D eigenvalue weighted by Crippen LogP contribution is -2.20. The van der Waals surface area contributed by atoms with Crippen LogP contribution in [-0.2, 0) is 32.7 Å². The van der Waals surface area contributed by atoms with E-state index in [2.05, 4.69) is 30.8 Å². The van der Waals surface area contributed by atoms with E-state index in [0.717, 1.165) is 0 Å². The zero-order valence-corrected chi connectivity index (χ0v) is 29.3. The number of amidine groups is 1. The smallest absolute Gasteiger partial charge is 0.276 e. The van der Waals surface area contributed by atoms with Crippen molar-refractivity contribution in [2.24, 2.45) is 17.2 Å². The number of primary amides is 1. The summed E-state index contributed by atoms with van der Waals surface area (Å²) >= 11 is 0. The maximum absolute atomic E-state index is 13.5. The van der Waals surface area contributed by atoms with E-state index in [1.54, 1.807) is 56.4 Å². The number of allylic oxidation sites excluding steroid dienone is 2. The van der Waals surface area contributed by atoms with Crippen LogP contribution in [0.25, 0.3) is 22.1 Å². The van der Waals surface area contributed by atoms with Crippen molar-refractivity contribution in [1.82, 2.24) is 38.7 Å². The Labute approximate surface area is 298 Å². The minimum atomic E-state index is -0.626. The zero-order chi connectivity index (χ0) is 37.3. The number of aryl methyl sites for hydroxylation is 4. The van der Waals surface area contributed by atoms with Crippen molar-refractivity contribution in [2.45, 2.75) is 60.4 Å². The van der Waals surface area contributed by atoms with Gasteiger partial charge in [-0.3, -0.25) is 39.8 Å². The SMILES string of the molecule is CCn1nc(C)cc1C(=O)Nc1nc2cc(C(=N)N)ccc2n1C/C=C/Cn1c(NC(=O)c2cc(C)nn2CC)nc2cc(C(N)=O)cc(CN)c21. The van der Waals surface area contributed by atoms with Gasteiger partial charge in [0.05, 0.1) is 33.5 Å². The molecule has 0 saturated heterocycles. The second kappa shape index (κ2) is 14.3. The summed E-state index contributed by atoms with van der Waals surface area (Å²) in [6.07, 6.45) is 3.78. The van der Waals surface area contributed by atoms with Gasteiger partial charge >= 0.3 is 0 Å². The van der Waals surface area contributed by atoms with E-state index in [0.29, 0.717) is 75.0 Å². The number of carbonyl (C=O) groups is 3. The van der Waals surface area contributed by atoms with Crippen LogP contribution < -0.4 is 27.8 Å². The number of imidazole rings is 2. The number of hydrogen-bond acceptors (Lipinski definition) is 9. The predicted molar refractivity (Wildman–Crippen MR) is 197 cm³/mol. The Balaban J connectivity index is 1.36. The second-order valence-electron chi connectivity index (χ2n) is 12.1. The highest BCUT2D eigenvalue weighted by Crippen LogP contribution is 2.27. The van der Waals surface area contributed by atoms with Crippen LogP contribution in [0.5, 0.6) is 0 Å². The fourth-order valence-electron chi connectivity index (χ4n) is 6.13. The Bertz CT molecular complexity index is 2410. The van der Waals surface area contributed by atoms with E-state index in [4.69, 9.17) is 22.6 Å². The molecule has 2 aromatic carbocycles. The number of hydrogen-bond donors (Lipinski definition) is 6. The van der Waals surface area contributed by atoms with Crippen LogP contribution in [0.2, 0.25) is 0 Å². The van der Waals surface area contributed by atoms with Crippen LogP contribution in [0.3, 0.4) is 0 Å². The summed E-state index contributed by atoms with van der Waals surface area (Å²) in [7, 11) is 0. The van der Waals surface area contributed by atoms with Gasteiger partial charge < -0.3 is 26.3 Å². The molecule has 6 rings (SSSR count). The molecule has 0 fully saturated rings. The Hall–Kier alpha value is -6.62. The molecule has 0 unspecified atom stereocenters. The second-order valence-corrected chi connectivity index (χ2v) is 12.1. The summed E-state index contributed by atoms with van der Waals surface area (Å²) < 4.78 is 6.87. The molecule has 268 valence electrons. The number of anilines is 2. The van der Waals surface area contributed by atoms with Crippen molar-refractivity contribution in [3.8, 4) is 0 Å². The first-order chi connectivity index (χ1) is 24.9. The molecule has 3 amide bonds. The maximum Gasteiger partial charge on any atom is 0.276 e. The van der Waals surface area contributed by atoms with E-state index >= 15 is 0 Å². The van der Waals surface area contributed by atoms with Crippen molar-refractivity contribution >= 4 is 57.5 Å². The van der Waals surface area contributed by atoms with Crippen LogP contribution in [-0.4, -0.2) is 62.2 Å². The van der Waals surface area contributed by atoms with Gasteiger partial charge in [0.2, 0.25) is 17.8 Å². The van der Waals surface area contributed by atoms with Gasteiger partial charge in [0, 0.05) is 43.9 Å². The summed E-state index contributed by atoms with van der Waals surface area (Å²) in [6.45, 7) is 9.07. The Kier molecular flexibility index (Phi) is 9.69. The first-order valence-electron chi connectivity index (χ1n) is 16.7. The molecule has 0 saturated carbocycles. The number of benzene rings is 2. The van der Waals surface area contributed by atoms with Gasteiger partial charge in [0.1, 0.15) is 17.2 Å². The topological polar surface area (TPSA) is 248 Å². The number of fused-ring (bicyclic) bond motifs is 2. The Morgan fingerprint density at radius 3 is 1.85 bits per heavy atom. The molecule has 0 aliphatic carbocycles. The van der Waals surface area contributed by atoms with E-state index in [9.17, 15) is 14.4 Å². The summed E-state index contributed by atoms with van der Waals surface area (Å²) in [5.41, 5.74) is 23.4. The highest BCUT2D eigenvalue weighted by Gasteiger charge is 2.21. The maximum atomic E-state index is 13.5. The normalized spacial score (nSPS) is 11.6. The van der Waals surface area contributed by atoms with Gasteiger partial charge in [-0.1, -0.05) is 12.2 Å². The number of rotatable bonds is 13.